The van der Waals surface area contributed by atoms with Crippen LogP contribution in [0.1, 0.15) is 5.56 Å². The number of hydrogen-bond acceptors (Lipinski definition) is 0. The van der Waals surface area contributed by atoms with Crippen molar-refractivity contribution in [2.45, 2.75) is 6.92 Å². The van der Waals surface area contributed by atoms with E-state index in [2.05, 4.69) is 90.8 Å². The van der Waals surface area contributed by atoms with Crippen LogP contribution in [-0.4, -0.2) is 4.98 Å². The minimum absolute atomic E-state index is 1.19. The van der Waals surface area contributed by atoms with Gasteiger partial charge in [0.2, 0.25) is 0 Å². The second-order valence-corrected chi connectivity index (χ2v) is 6.43. The molecule has 4 aromatic carbocycles. The van der Waals surface area contributed by atoms with E-state index in [0.717, 1.165) is 0 Å². The molecule has 24 heavy (non-hydrogen) atoms. The van der Waals surface area contributed by atoms with Gasteiger partial charge in [-0.15, -0.1) is 0 Å². The van der Waals surface area contributed by atoms with E-state index in [1.54, 1.807) is 0 Å². The fourth-order valence-corrected chi connectivity index (χ4v) is 3.74. The van der Waals surface area contributed by atoms with Crippen LogP contribution in [0.5, 0.6) is 0 Å². The van der Waals surface area contributed by atoms with Crippen molar-refractivity contribution in [2.24, 2.45) is 0 Å². The molecule has 1 heterocycles. The molecule has 0 aliphatic carbocycles. The zero-order valence-corrected chi connectivity index (χ0v) is 13.5. The van der Waals surface area contributed by atoms with Crippen molar-refractivity contribution in [1.82, 2.24) is 4.98 Å². The molecule has 1 nitrogen and oxygen atoms in total. The highest BCUT2D eigenvalue weighted by Gasteiger charge is 2.12. The van der Waals surface area contributed by atoms with Gasteiger partial charge in [0.05, 0.1) is 5.52 Å². The summed E-state index contributed by atoms with van der Waals surface area (Å²) < 4.78 is 0. The zero-order valence-electron chi connectivity index (χ0n) is 13.5. The van der Waals surface area contributed by atoms with Gasteiger partial charge in [0.15, 0.2) is 0 Å². The number of aromatic nitrogens is 1. The molecule has 1 aromatic heterocycles. The molecule has 0 radical (unpaired) electrons. The standard InChI is InChI=1S/C23H17N/c1-15-7-6-8-16(13-15)20-14-21-18-10-4-5-12-22(18)24-23(21)19-11-3-2-9-17(19)20/h2-14,24H,1H3. The third-order valence-electron chi connectivity index (χ3n) is 4.85. The van der Waals surface area contributed by atoms with Crippen molar-refractivity contribution in [3.8, 4) is 11.1 Å². The molecule has 0 aliphatic rings. The number of rotatable bonds is 1. The van der Waals surface area contributed by atoms with Gasteiger partial charge in [0, 0.05) is 21.7 Å². The Labute approximate surface area is 140 Å². The minimum atomic E-state index is 1.19. The Bertz CT molecular complexity index is 1210. The minimum Gasteiger partial charge on any atom is -0.354 e. The molecule has 0 bridgehead atoms. The maximum atomic E-state index is 3.61. The van der Waals surface area contributed by atoms with Crippen molar-refractivity contribution in [3.05, 3.63) is 84.4 Å². The highest BCUT2D eigenvalue weighted by molar-refractivity contribution is 6.20. The summed E-state index contributed by atoms with van der Waals surface area (Å²) in [6.07, 6.45) is 0. The summed E-state index contributed by atoms with van der Waals surface area (Å²) in [6.45, 7) is 2.15. The maximum Gasteiger partial charge on any atom is 0.0544 e. The normalized spacial score (nSPS) is 11.5. The second-order valence-electron chi connectivity index (χ2n) is 6.43. The van der Waals surface area contributed by atoms with Crippen molar-refractivity contribution in [1.29, 1.82) is 0 Å². The van der Waals surface area contributed by atoms with Crippen LogP contribution >= 0.6 is 0 Å². The summed E-state index contributed by atoms with van der Waals surface area (Å²) in [6, 6.07) is 28.3. The highest BCUT2D eigenvalue weighted by Crippen LogP contribution is 2.37. The molecular weight excluding hydrogens is 290 g/mol. The predicted octanol–water partition coefficient (Wildman–Crippen LogP) is 6.45. The van der Waals surface area contributed by atoms with E-state index in [4.69, 9.17) is 0 Å². The number of para-hydroxylation sites is 1. The Morgan fingerprint density at radius 1 is 0.625 bits per heavy atom. The lowest BCUT2D eigenvalue weighted by Crippen LogP contribution is -1.84. The van der Waals surface area contributed by atoms with Crippen molar-refractivity contribution in [3.63, 3.8) is 0 Å². The summed E-state index contributed by atoms with van der Waals surface area (Å²) in [5.74, 6) is 0. The first-order valence-corrected chi connectivity index (χ1v) is 8.30. The molecule has 5 rings (SSSR count). The number of aryl methyl sites for hydroxylation is 1. The zero-order chi connectivity index (χ0) is 16.1. The van der Waals surface area contributed by atoms with Crippen molar-refractivity contribution < 1.29 is 0 Å². The quantitative estimate of drug-likeness (QED) is 0.366. The molecule has 0 aliphatic heterocycles. The topological polar surface area (TPSA) is 15.8 Å². The molecule has 0 amide bonds. The van der Waals surface area contributed by atoms with Crippen LogP contribution in [0.25, 0.3) is 43.7 Å². The van der Waals surface area contributed by atoms with E-state index in [1.807, 2.05) is 0 Å². The first kappa shape index (κ1) is 13.4. The second kappa shape index (κ2) is 4.97. The number of hydrogen-bond donors (Lipinski definition) is 1. The van der Waals surface area contributed by atoms with Crippen molar-refractivity contribution in [2.75, 3.05) is 0 Å². The molecule has 0 fully saturated rings. The van der Waals surface area contributed by atoms with Crippen LogP contribution in [0, 0.1) is 6.92 Å². The van der Waals surface area contributed by atoms with Crippen molar-refractivity contribution >= 4 is 32.6 Å². The molecule has 0 saturated carbocycles. The molecule has 0 unspecified atom stereocenters. The molecule has 5 aromatic rings. The molecule has 0 saturated heterocycles. The lowest BCUT2D eigenvalue weighted by Gasteiger charge is -2.09. The first-order valence-electron chi connectivity index (χ1n) is 8.30. The molecule has 1 N–H and O–H groups in total. The largest absolute Gasteiger partial charge is 0.354 e. The van der Waals surface area contributed by atoms with Gasteiger partial charge in [0.25, 0.3) is 0 Å². The van der Waals surface area contributed by atoms with Crippen LogP contribution in [0.15, 0.2) is 78.9 Å². The van der Waals surface area contributed by atoms with Crippen LogP contribution in [0.4, 0.5) is 0 Å². The van der Waals surface area contributed by atoms with Crippen LogP contribution < -0.4 is 0 Å². The Morgan fingerprint density at radius 3 is 2.21 bits per heavy atom. The monoisotopic (exact) mass is 307 g/mol. The molecular formula is C23H17N. The van der Waals surface area contributed by atoms with Gasteiger partial charge in [0.1, 0.15) is 0 Å². The summed E-state index contributed by atoms with van der Waals surface area (Å²) in [5.41, 5.74) is 6.28. The average molecular weight is 307 g/mol. The molecule has 0 atom stereocenters. The Balaban J connectivity index is 2.00. The average Bonchev–Trinajstić information content (AvgIpc) is 3.00. The van der Waals surface area contributed by atoms with E-state index < -0.39 is 0 Å². The van der Waals surface area contributed by atoms with E-state index in [-0.39, 0.29) is 0 Å². The Morgan fingerprint density at radius 2 is 1.38 bits per heavy atom. The summed E-state index contributed by atoms with van der Waals surface area (Å²) in [7, 11) is 0. The smallest absolute Gasteiger partial charge is 0.0544 e. The van der Waals surface area contributed by atoms with Crippen LogP contribution in [0.3, 0.4) is 0 Å². The number of nitrogens with one attached hydrogen (secondary N) is 1. The number of benzene rings is 4. The van der Waals surface area contributed by atoms with Gasteiger partial charge in [-0.05, 0) is 35.6 Å². The SMILES string of the molecule is Cc1cccc(-c2cc3c4ccccc4[nH]c3c3ccccc23)c1. The van der Waals surface area contributed by atoms with Gasteiger partial charge >= 0.3 is 0 Å². The highest BCUT2D eigenvalue weighted by atomic mass is 14.7. The lowest BCUT2D eigenvalue weighted by atomic mass is 9.94. The third kappa shape index (κ3) is 1.88. The van der Waals surface area contributed by atoms with E-state index in [9.17, 15) is 0 Å². The molecule has 0 spiro atoms. The Hall–Kier alpha value is -3.06. The van der Waals surface area contributed by atoms with E-state index in [1.165, 1.54) is 49.3 Å². The van der Waals surface area contributed by atoms with Gasteiger partial charge in [-0.25, -0.2) is 0 Å². The first-order chi connectivity index (χ1) is 11.8. The number of fused-ring (bicyclic) bond motifs is 5. The summed E-state index contributed by atoms with van der Waals surface area (Å²) in [5, 5.41) is 5.15. The lowest BCUT2D eigenvalue weighted by molar-refractivity contribution is 1.47. The van der Waals surface area contributed by atoms with Gasteiger partial charge < -0.3 is 4.98 Å². The summed E-state index contributed by atoms with van der Waals surface area (Å²) >= 11 is 0. The number of aromatic amines is 1. The number of H-pyrrole nitrogens is 1. The van der Waals surface area contributed by atoms with Crippen LogP contribution in [-0.2, 0) is 0 Å². The molecule has 1 heteroatoms. The van der Waals surface area contributed by atoms with E-state index >= 15 is 0 Å². The predicted molar refractivity (Wildman–Crippen MR) is 103 cm³/mol. The summed E-state index contributed by atoms with van der Waals surface area (Å²) in [4.78, 5) is 3.61. The van der Waals surface area contributed by atoms with Gasteiger partial charge in [-0.2, -0.15) is 0 Å². The molecule has 114 valence electrons. The third-order valence-corrected chi connectivity index (χ3v) is 4.85. The Kier molecular flexibility index (Phi) is 2.77. The fraction of sp³-hybridized carbons (Fsp3) is 0.0435. The van der Waals surface area contributed by atoms with Gasteiger partial charge in [-0.1, -0.05) is 72.3 Å². The van der Waals surface area contributed by atoms with Crippen LogP contribution in [0.2, 0.25) is 0 Å². The van der Waals surface area contributed by atoms with Gasteiger partial charge in [-0.3, -0.25) is 0 Å². The maximum absolute atomic E-state index is 3.61. The van der Waals surface area contributed by atoms with E-state index in [0.29, 0.717) is 0 Å². The fourth-order valence-electron chi connectivity index (χ4n) is 3.74.